The maximum Gasteiger partial charge on any atom is 0.251 e. The number of aromatic nitrogens is 5. The van der Waals surface area contributed by atoms with E-state index in [9.17, 15) is 4.79 Å². The zero-order chi connectivity index (χ0) is 10.7. The van der Waals surface area contributed by atoms with Gasteiger partial charge in [0, 0.05) is 13.2 Å². The lowest BCUT2D eigenvalue weighted by molar-refractivity contribution is 0.181. The first kappa shape index (κ1) is 9.53. The molecular formula is C8H9N5O2. The highest BCUT2D eigenvalue weighted by molar-refractivity contribution is 5.45. The van der Waals surface area contributed by atoms with E-state index in [1.165, 1.54) is 12.3 Å². The van der Waals surface area contributed by atoms with Crippen molar-refractivity contribution in [2.45, 2.75) is 6.61 Å². The Balaban J connectivity index is 2.44. The van der Waals surface area contributed by atoms with Crippen molar-refractivity contribution in [2.75, 3.05) is 7.11 Å². The van der Waals surface area contributed by atoms with Gasteiger partial charge in [0.15, 0.2) is 5.82 Å². The fourth-order valence-corrected chi connectivity index (χ4v) is 1.17. The van der Waals surface area contributed by atoms with Gasteiger partial charge in [0.25, 0.3) is 5.56 Å². The summed E-state index contributed by atoms with van der Waals surface area (Å²) in [6, 6.07) is 1.38. The van der Waals surface area contributed by atoms with Crippen molar-refractivity contribution in [3.05, 3.63) is 28.3 Å². The number of hydrogen-bond donors (Lipinski definition) is 2. The van der Waals surface area contributed by atoms with Crippen LogP contribution in [0.4, 0.5) is 0 Å². The largest absolute Gasteiger partial charge is 0.378 e. The van der Waals surface area contributed by atoms with E-state index in [2.05, 4.69) is 25.4 Å². The van der Waals surface area contributed by atoms with Crippen LogP contribution >= 0.6 is 0 Å². The summed E-state index contributed by atoms with van der Waals surface area (Å²) in [5.74, 6) is 0.378. The van der Waals surface area contributed by atoms with Gasteiger partial charge in [-0.05, 0) is 0 Å². The minimum absolute atomic E-state index is 0.241. The lowest BCUT2D eigenvalue weighted by Crippen LogP contribution is -2.11. The Morgan fingerprint density at radius 3 is 3.07 bits per heavy atom. The third-order valence-electron chi connectivity index (χ3n) is 1.74. The van der Waals surface area contributed by atoms with Gasteiger partial charge in [-0.1, -0.05) is 0 Å². The van der Waals surface area contributed by atoms with Crippen molar-refractivity contribution < 1.29 is 4.74 Å². The summed E-state index contributed by atoms with van der Waals surface area (Å²) in [6.07, 6.45) is 1.48. The summed E-state index contributed by atoms with van der Waals surface area (Å²) in [5, 5.41) is 9.90. The molecule has 0 atom stereocenters. The number of nitrogens with one attached hydrogen (secondary N) is 2. The zero-order valence-corrected chi connectivity index (χ0v) is 8.02. The number of aromatic amines is 2. The SMILES string of the molecule is COCc1cc(=O)[nH]c(-c2cn[nH]n2)n1. The number of methoxy groups -OCH3 is 1. The number of rotatable bonds is 3. The lowest BCUT2D eigenvalue weighted by Gasteiger charge is -2.00. The average Bonchev–Trinajstić information content (AvgIpc) is 2.70. The maximum absolute atomic E-state index is 11.3. The Bertz CT molecular complexity index is 490. The van der Waals surface area contributed by atoms with E-state index in [4.69, 9.17) is 4.74 Å². The molecule has 0 saturated carbocycles. The highest BCUT2D eigenvalue weighted by atomic mass is 16.5. The Labute approximate surface area is 84.5 Å². The van der Waals surface area contributed by atoms with Crippen molar-refractivity contribution in [2.24, 2.45) is 0 Å². The molecule has 2 heterocycles. The summed E-state index contributed by atoms with van der Waals surface area (Å²) in [6.45, 7) is 0.286. The molecule has 78 valence electrons. The first-order chi connectivity index (χ1) is 7.29. The molecule has 0 unspecified atom stereocenters. The van der Waals surface area contributed by atoms with Crippen molar-refractivity contribution in [1.82, 2.24) is 25.4 Å². The van der Waals surface area contributed by atoms with Crippen LogP contribution in [0.2, 0.25) is 0 Å². The van der Waals surface area contributed by atoms with Gasteiger partial charge < -0.3 is 9.72 Å². The normalized spacial score (nSPS) is 10.5. The van der Waals surface area contributed by atoms with Crippen molar-refractivity contribution in [3.8, 4) is 11.5 Å². The van der Waals surface area contributed by atoms with Crippen molar-refractivity contribution in [3.63, 3.8) is 0 Å². The Kier molecular flexibility index (Phi) is 2.55. The van der Waals surface area contributed by atoms with E-state index < -0.39 is 0 Å². The molecule has 7 nitrogen and oxygen atoms in total. The molecule has 2 rings (SSSR count). The second-order valence-electron chi connectivity index (χ2n) is 2.87. The summed E-state index contributed by atoms with van der Waals surface area (Å²) < 4.78 is 4.90. The van der Waals surface area contributed by atoms with E-state index >= 15 is 0 Å². The van der Waals surface area contributed by atoms with Gasteiger partial charge in [-0.15, -0.1) is 0 Å². The first-order valence-corrected chi connectivity index (χ1v) is 4.25. The fourth-order valence-electron chi connectivity index (χ4n) is 1.17. The Morgan fingerprint density at radius 2 is 2.40 bits per heavy atom. The molecule has 0 aliphatic rings. The molecule has 15 heavy (non-hydrogen) atoms. The van der Waals surface area contributed by atoms with Crippen LogP contribution in [-0.4, -0.2) is 32.5 Å². The van der Waals surface area contributed by atoms with E-state index in [0.717, 1.165) is 0 Å². The summed E-state index contributed by atoms with van der Waals surface area (Å²) in [7, 11) is 1.54. The monoisotopic (exact) mass is 207 g/mol. The van der Waals surface area contributed by atoms with Gasteiger partial charge in [-0.2, -0.15) is 15.4 Å². The minimum Gasteiger partial charge on any atom is -0.378 e. The molecule has 0 spiro atoms. The molecule has 0 bridgehead atoms. The molecular weight excluding hydrogens is 198 g/mol. The third kappa shape index (κ3) is 2.08. The summed E-state index contributed by atoms with van der Waals surface area (Å²) in [4.78, 5) is 18.0. The maximum atomic E-state index is 11.3. The van der Waals surface area contributed by atoms with Crippen LogP contribution in [0.1, 0.15) is 5.69 Å². The summed E-state index contributed by atoms with van der Waals surface area (Å²) >= 11 is 0. The van der Waals surface area contributed by atoms with Gasteiger partial charge in [-0.3, -0.25) is 4.79 Å². The first-order valence-electron chi connectivity index (χ1n) is 4.25. The molecule has 0 fully saturated rings. The van der Waals surface area contributed by atoms with Crippen LogP contribution in [0.15, 0.2) is 17.1 Å². The molecule has 7 heteroatoms. The molecule has 0 aliphatic carbocycles. The standard InChI is InChI=1S/C8H9N5O2/c1-15-4-5-2-7(14)11-8(10-5)6-3-9-13-12-6/h2-3H,4H2,1H3,(H,9,12,13)(H,10,11,14). The van der Waals surface area contributed by atoms with Crippen LogP contribution < -0.4 is 5.56 Å². The second kappa shape index (κ2) is 4.01. The van der Waals surface area contributed by atoms with Crippen LogP contribution in [0.3, 0.4) is 0 Å². The molecule has 0 aromatic carbocycles. The van der Waals surface area contributed by atoms with Gasteiger partial charge >= 0.3 is 0 Å². The van der Waals surface area contributed by atoms with Crippen molar-refractivity contribution in [1.29, 1.82) is 0 Å². The molecule has 2 aromatic heterocycles. The van der Waals surface area contributed by atoms with E-state index in [0.29, 0.717) is 17.2 Å². The highest BCUT2D eigenvalue weighted by Crippen LogP contribution is 2.07. The zero-order valence-electron chi connectivity index (χ0n) is 8.02. The molecule has 0 radical (unpaired) electrons. The minimum atomic E-state index is -0.241. The van der Waals surface area contributed by atoms with E-state index in [1.54, 1.807) is 7.11 Å². The average molecular weight is 207 g/mol. The molecule has 2 aromatic rings. The van der Waals surface area contributed by atoms with Gasteiger partial charge in [0.05, 0.1) is 18.5 Å². The predicted octanol–water partition coefficient (Wildman–Crippen LogP) is -0.299. The molecule has 0 saturated heterocycles. The molecule has 2 N–H and O–H groups in total. The number of ether oxygens (including phenoxy) is 1. The van der Waals surface area contributed by atoms with Crippen LogP contribution in [0.25, 0.3) is 11.5 Å². The van der Waals surface area contributed by atoms with E-state index in [1.807, 2.05) is 0 Å². The second-order valence-corrected chi connectivity index (χ2v) is 2.87. The smallest absolute Gasteiger partial charge is 0.251 e. The lowest BCUT2D eigenvalue weighted by atomic mass is 10.4. The topological polar surface area (TPSA) is 96.6 Å². The fraction of sp³-hybridized carbons (Fsp3) is 0.250. The van der Waals surface area contributed by atoms with E-state index in [-0.39, 0.29) is 12.2 Å². The summed E-state index contributed by atoms with van der Waals surface area (Å²) in [5.41, 5.74) is 0.805. The van der Waals surface area contributed by atoms with Gasteiger partial charge in [0.1, 0.15) is 5.69 Å². The molecule has 0 aliphatic heterocycles. The molecule has 0 amide bonds. The number of hydrogen-bond acceptors (Lipinski definition) is 5. The Morgan fingerprint density at radius 1 is 1.53 bits per heavy atom. The predicted molar refractivity (Wildman–Crippen MR) is 50.9 cm³/mol. The highest BCUT2D eigenvalue weighted by Gasteiger charge is 2.05. The number of H-pyrrole nitrogens is 2. The van der Waals surface area contributed by atoms with Gasteiger partial charge in [-0.25, -0.2) is 4.98 Å². The van der Waals surface area contributed by atoms with Crippen LogP contribution in [0.5, 0.6) is 0 Å². The van der Waals surface area contributed by atoms with Crippen LogP contribution in [-0.2, 0) is 11.3 Å². The quantitative estimate of drug-likeness (QED) is 0.720. The Hall–Kier alpha value is -2.02. The number of nitrogens with zero attached hydrogens (tertiary/aromatic N) is 3. The van der Waals surface area contributed by atoms with Crippen molar-refractivity contribution >= 4 is 0 Å². The van der Waals surface area contributed by atoms with Crippen LogP contribution in [0, 0.1) is 0 Å². The van der Waals surface area contributed by atoms with Gasteiger partial charge in [0.2, 0.25) is 0 Å². The third-order valence-corrected chi connectivity index (χ3v) is 1.74.